The van der Waals surface area contributed by atoms with Gasteiger partial charge in [0.25, 0.3) is 0 Å². The summed E-state index contributed by atoms with van der Waals surface area (Å²) in [5, 5.41) is 8.70. The van der Waals surface area contributed by atoms with Gasteiger partial charge in [-0.15, -0.1) is 0 Å². The molecule has 0 aliphatic carbocycles. The van der Waals surface area contributed by atoms with E-state index in [2.05, 4.69) is 0 Å². The second-order valence-corrected chi connectivity index (χ2v) is 4.53. The highest BCUT2D eigenvalue weighted by molar-refractivity contribution is 7.99. The van der Waals surface area contributed by atoms with Crippen molar-refractivity contribution in [2.75, 3.05) is 24.7 Å². The molecule has 1 rings (SSSR count). The van der Waals surface area contributed by atoms with Crippen molar-refractivity contribution < 1.29 is 9.84 Å². The van der Waals surface area contributed by atoms with Crippen LogP contribution in [0.15, 0.2) is 24.3 Å². The number of aliphatic hydroxyl groups excluding tert-OH is 1. The van der Waals surface area contributed by atoms with Crippen LogP contribution in [0.25, 0.3) is 0 Å². The fourth-order valence-electron chi connectivity index (χ4n) is 1.44. The lowest BCUT2D eigenvalue weighted by Crippen LogP contribution is -2.15. The quantitative estimate of drug-likeness (QED) is 0.715. The molecule has 0 aliphatic rings. The number of ether oxygens (including phenoxy) is 1. The van der Waals surface area contributed by atoms with Crippen LogP contribution in [0.1, 0.15) is 18.5 Å². The van der Waals surface area contributed by atoms with Crippen LogP contribution in [0.2, 0.25) is 0 Å². The van der Waals surface area contributed by atoms with E-state index < -0.39 is 0 Å². The molecule has 0 amide bonds. The van der Waals surface area contributed by atoms with Crippen LogP contribution in [0.5, 0.6) is 5.75 Å². The molecule has 0 fully saturated rings. The smallest absolute Gasteiger partial charge is 0.124 e. The number of aliphatic hydroxyl groups is 1. The van der Waals surface area contributed by atoms with Crippen molar-refractivity contribution in [1.29, 1.82) is 0 Å². The first-order valence-corrected chi connectivity index (χ1v) is 6.61. The van der Waals surface area contributed by atoms with E-state index in [1.165, 1.54) is 0 Å². The highest BCUT2D eigenvalue weighted by Crippen LogP contribution is 2.25. The van der Waals surface area contributed by atoms with Crippen LogP contribution >= 0.6 is 11.8 Å². The summed E-state index contributed by atoms with van der Waals surface area (Å²) in [5.41, 5.74) is 7.12. The molecule has 0 saturated carbocycles. The summed E-state index contributed by atoms with van der Waals surface area (Å²) in [7, 11) is 0. The summed E-state index contributed by atoms with van der Waals surface area (Å²) in [4.78, 5) is 0. The number of nitrogens with two attached hydrogens (primary N) is 1. The zero-order valence-electron chi connectivity index (χ0n) is 9.56. The molecule has 0 spiro atoms. The van der Waals surface area contributed by atoms with E-state index in [1.807, 2.05) is 31.2 Å². The number of rotatable bonds is 7. The van der Waals surface area contributed by atoms with Gasteiger partial charge >= 0.3 is 0 Å². The zero-order chi connectivity index (χ0) is 11.8. The molecule has 1 aromatic rings. The van der Waals surface area contributed by atoms with Gasteiger partial charge in [0, 0.05) is 23.1 Å². The molecule has 0 radical (unpaired) electrons. The number of hydrogen-bond donors (Lipinski definition) is 2. The Morgan fingerprint density at radius 1 is 1.44 bits per heavy atom. The number of thioether (sulfide) groups is 1. The van der Waals surface area contributed by atoms with Crippen molar-refractivity contribution >= 4 is 11.8 Å². The minimum absolute atomic E-state index is 0.0423. The van der Waals surface area contributed by atoms with Gasteiger partial charge in [0.15, 0.2) is 0 Å². The lowest BCUT2D eigenvalue weighted by molar-refractivity contribution is 0.322. The number of benzene rings is 1. The summed E-state index contributed by atoms with van der Waals surface area (Å²) in [6.45, 7) is 2.81. The first-order valence-electron chi connectivity index (χ1n) is 5.45. The normalized spacial score (nSPS) is 12.4. The second-order valence-electron chi connectivity index (χ2n) is 3.38. The topological polar surface area (TPSA) is 55.5 Å². The highest BCUT2D eigenvalue weighted by Gasteiger charge is 2.11. The Morgan fingerprint density at radius 2 is 2.19 bits per heavy atom. The lowest BCUT2D eigenvalue weighted by atomic mass is 10.1. The largest absolute Gasteiger partial charge is 0.494 e. The Balaban J connectivity index is 2.62. The van der Waals surface area contributed by atoms with Crippen LogP contribution in [-0.2, 0) is 0 Å². The molecule has 1 aromatic carbocycles. The molecule has 90 valence electrons. The van der Waals surface area contributed by atoms with Crippen molar-refractivity contribution in [2.24, 2.45) is 5.73 Å². The summed E-state index contributed by atoms with van der Waals surface area (Å²) < 4.78 is 5.53. The molecular weight excluding hydrogens is 222 g/mol. The Bertz CT molecular complexity index is 307. The van der Waals surface area contributed by atoms with Crippen LogP contribution in [0.3, 0.4) is 0 Å². The molecule has 3 N–H and O–H groups in total. The Labute approximate surface area is 101 Å². The number of para-hydroxylation sites is 1. The predicted molar refractivity (Wildman–Crippen MR) is 69.0 cm³/mol. The molecule has 1 unspecified atom stereocenters. The zero-order valence-corrected chi connectivity index (χ0v) is 10.4. The monoisotopic (exact) mass is 241 g/mol. The van der Waals surface area contributed by atoms with Gasteiger partial charge in [0.05, 0.1) is 13.2 Å². The average molecular weight is 241 g/mol. The Morgan fingerprint density at radius 3 is 2.88 bits per heavy atom. The second kappa shape index (κ2) is 7.54. The molecule has 1 atom stereocenters. The minimum Gasteiger partial charge on any atom is -0.494 e. The third-order valence-corrected chi connectivity index (χ3v) is 3.22. The van der Waals surface area contributed by atoms with Crippen molar-refractivity contribution in [1.82, 2.24) is 0 Å². The van der Waals surface area contributed by atoms with E-state index in [0.29, 0.717) is 6.61 Å². The Hall–Kier alpha value is -0.710. The molecule has 3 nitrogen and oxygen atoms in total. The summed E-state index contributed by atoms with van der Waals surface area (Å²) in [6, 6.07) is 7.81. The maximum Gasteiger partial charge on any atom is 0.124 e. The van der Waals surface area contributed by atoms with E-state index >= 15 is 0 Å². The first-order chi connectivity index (χ1) is 7.79. The Kier molecular flexibility index (Phi) is 6.30. The van der Waals surface area contributed by atoms with Crippen LogP contribution < -0.4 is 10.5 Å². The number of hydrogen-bond acceptors (Lipinski definition) is 4. The maximum atomic E-state index is 8.70. The first kappa shape index (κ1) is 13.4. The van der Waals surface area contributed by atoms with Gasteiger partial charge in [-0.3, -0.25) is 0 Å². The standard InChI is InChI=1S/C12H19NO2S/c1-2-15-12-6-4-3-5-10(12)11(13)9-16-8-7-14/h3-6,11,14H,2,7-9,13H2,1H3. The molecule has 0 aliphatic heterocycles. The minimum atomic E-state index is -0.0423. The summed E-state index contributed by atoms with van der Waals surface area (Å²) in [6.07, 6.45) is 0. The van der Waals surface area contributed by atoms with E-state index in [9.17, 15) is 0 Å². The third kappa shape index (κ3) is 4.04. The van der Waals surface area contributed by atoms with Crippen LogP contribution in [0, 0.1) is 0 Å². The van der Waals surface area contributed by atoms with E-state index in [1.54, 1.807) is 11.8 Å². The molecule has 4 heteroatoms. The van der Waals surface area contributed by atoms with Gasteiger partial charge in [-0.2, -0.15) is 11.8 Å². The molecule has 16 heavy (non-hydrogen) atoms. The van der Waals surface area contributed by atoms with Crippen molar-refractivity contribution in [3.05, 3.63) is 29.8 Å². The van der Waals surface area contributed by atoms with E-state index in [4.69, 9.17) is 15.6 Å². The van der Waals surface area contributed by atoms with Crippen molar-refractivity contribution in [3.63, 3.8) is 0 Å². The van der Waals surface area contributed by atoms with Crippen molar-refractivity contribution in [3.8, 4) is 5.75 Å². The molecule has 0 heterocycles. The fraction of sp³-hybridized carbons (Fsp3) is 0.500. The average Bonchev–Trinajstić information content (AvgIpc) is 2.30. The van der Waals surface area contributed by atoms with Gasteiger partial charge in [-0.1, -0.05) is 18.2 Å². The van der Waals surface area contributed by atoms with Gasteiger partial charge < -0.3 is 15.6 Å². The van der Waals surface area contributed by atoms with Gasteiger partial charge in [0.2, 0.25) is 0 Å². The van der Waals surface area contributed by atoms with E-state index in [0.717, 1.165) is 22.8 Å². The van der Waals surface area contributed by atoms with Gasteiger partial charge in [-0.25, -0.2) is 0 Å². The lowest BCUT2D eigenvalue weighted by Gasteiger charge is -2.15. The SMILES string of the molecule is CCOc1ccccc1C(N)CSCCO. The third-order valence-electron chi connectivity index (χ3n) is 2.15. The van der Waals surface area contributed by atoms with E-state index in [-0.39, 0.29) is 12.6 Å². The van der Waals surface area contributed by atoms with Crippen molar-refractivity contribution in [2.45, 2.75) is 13.0 Å². The van der Waals surface area contributed by atoms with Gasteiger partial charge in [0.1, 0.15) is 5.75 Å². The molecular formula is C12H19NO2S. The summed E-state index contributed by atoms with van der Waals surface area (Å²) >= 11 is 1.65. The molecule has 0 bridgehead atoms. The van der Waals surface area contributed by atoms with Gasteiger partial charge in [-0.05, 0) is 13.0 Å². The van der Waals surface area contributed by atoms with Crippen LogP contribution in [-0.4, -0.2) is 29.8 Å². The predicted octanol–water partition coefficient (Wildman–Crippen LogP) is 1.81. The van der Waals surface area contributed by atoms with Crippen LogP contribution in [0.4, 0.5) is 0 Å². The molecule has 0 aromatic heterocycles. The molecule has 0 saturated heterocycles. The summed E-state index contributed by atoms with van der Waals surface area (Å²) in [5.74, 6) is 2.39. The highest BCUT2D eigenvalue weighted by atomic mass is 32.2. The maximum absolute atomic E-state index is 8.70. The fourth-order valence-corrected chi connectivity index (χ4v) is 2.17.